The lowest BCUT2D eigenvalue weighted by Gasteiger charge is -2.11. The van der Waals surface area contributed by atoms with Gasteiger partial charge in [-0.25, -0.2) is 0 Å². The number of hydrogen-bond donors (Lipinski definition) is 1. The SMILES string of the molecule is COCC(C)CNCCc1cccnc1. The molecule has 3 nitrogen and oxygen atoms in total. The Morgan fingerprint density at radius 1 is 1.53 bits per heavy atom. The van der Waals surface area contributed by atoms with Crippen LogP contribution in [0.3, 0.4) is 0 Å². The zero-order chi connectivity index (χ0) is 10.9. The first-order valence-electron chi connectivity index (χ1n) is 5.41. The minimum absolute atomic E-state index is 0.573. The van der Waals surface area contributed by atoms with Crippen molar-refractivity contribution in [2.45, 2.75) is 13.3 Å². The summed E-state index contributed by atoms with van der Waals surface area (Å²) < 4.78 is 5.07. The monoisotopic (exact) mass is 208 g/mol. The molecule has 0 aliphatic rings. The fourth-order valence-corrected chi connectivity index (χ4v) is 1.47. The van der Waals surface area contributed by atoms with Crippen LogP contribution in [0.15, 0.2) is 24.5 Å². The minimum atomic E-state index is 0.573. The van der Waals surface area contributed by atoms with Crippen molar-refractivity contribution in [3.05, 3.63) is 30.1 Å². The molecule has 15 heavy (non-hydrogen) atoms. The number of rotatable bonds is 7. The number of hydrogen-bond acceptors (Lipinski definition) is 3. The highest BCUT2D eigenvalue weighted by Gasteiger charge is 1.99. The van der Waals surface area contributed by atoms with E-state index in [-0.39, 0.29) is 0 Å². The second-order valence-corrected chi connectivity index (χ2v) is 3.88. The Morgan fingerprint density at radius 3 is 3.07 bits per heavy atom. The Bertz CT molecular complexity index is 251. The van der Waals surface area contributed by atoms with Gasteiger partial charge in [0, 0.05) is 26.1 Å². The molecule has 0 amide bonds. The summed E-state index contributed by atoms with van der Waals surface area (Å²) in [6.07, 6.45) is 4.76. The first-order valence-corrected chi connectivity index (χ1v) is 5.41. The van der Waals surface area contributed by atoms with E-state index in [1.165, 1.54) is 5.56 Å². The lowest BCUT2D eigenvalue weighted by atomic mass is 10.2. The average molecular weight is 208 g/mol. The average Bonchev–Trinajstić information content (AvgIpc) is 2.26. The van der Waals surface area contributed by atoms with E-state index in [9.17, 15) is 0 Å². The lowest BCUT2D eigenvalue weighted by Crippen LogP contribution is -2.25. The Labute approximate surface area is 91.9 Å². The summed E-state index contributed by atoms with van der Waals surface area (Å²) in [6.45, 7) is 5.01. The van der Waals surface area contributed by atoms with Crippen molar-refractivity contribution in [3.63, 3.8) is 0 Å². The molecule has 0 bridgehead atoms. The Kier molecular flexibility index (Phi) is 5.97. The third-order valence-corrected chi connectivity index (χ3v) is 2.26. The molecule has 3 heteroatoms. The number of ether oxygens (including phenoxy) is 1. The molecular formula is C12H20N2O. The maximum Gasteiger partial charge on any atom is 0.0499 e. The molecule has 0 saturated carbocycles. The van der Waals surface area contributed by atoms with E-state index >= 15 is 0 Å². The topological polar surface area (TPSA) is 34.1 Å². The van der Waals surface area contributed by atoms with Crippen LogP contribution >= 0.6 is 0 Å². The predicted molar refractivity (Wildman–Crippen MR) is 61.9 cm³/mol. The lowest BCUT2D eigenvalue weighted by molar-refractivity contribution is 0.158. The van der Waals surface area contributed by atoms with E-state index in [2.05, 4.69) is 23.3 Å². The first-order chi connectivity index (χ1) is 7.33. The molecule has 0 radical (unpaired) electrons. The quantitative estimate of drug-likeness (QED) is 0.689. The summed E-state index contributed by atoms with van der Waals surface area (Å²) in [5, 5.41) is 3.41. The predicted octanol–water partition coefficient (Wildman–Crippen LogP) is 1.50. The maximum atomic E-state index is 5.07. The van der Waals surface area contributed by atoms with Gasteiger partial charge in [0.2, 0.25) is 0 Å². The van der Waals surface area contributed by atoms with Crippen LogP contribution in [0.25, 0.3) is 0 Å². The van der Waals surface area contributed by atoms with E-state index in [1.807, 2.05) is 12.3 Å². The van der Waals surface area contributed by atoms with Crippen molar-refractivity contribution in [3.8, 4) is 0 Å². The van der Waals surface area contributed by atoms with Crippen molar-refractivity contribution in [2.24, 2.45) is 5.92 Å². The van der Waals surface area contributed by atoms with E-state index in [0.717, 1.165) is 26.1 Å². The Hall–Kier alpha value is -0.930. The van der Waals surface area contributed by atoms with Crippen LogP contribution in [0.2, 0.25) is 0 Å². The van der Waals surface area contributed by atoms with Crippen molar-refractivity contribution in [2.75, 3.05) is 26.8 Å². The molecule has 0 saturated heterocycles. The summed E-state index contributed by atoms with van der Waals surface area (Å²) in [6, 6.07) is 4.08. The normalized spacial score (nSPS) is 12.7. The third kappa shape index (κ3) is 5.50. The van der Waals surface area contributed by atoms with Crippen LogP contribution < -0.4 is 5.32 Å². The van der Waals surface area contributed by atoms with Crippen LogP contribution in [-0.2, 0) is 11.2 Å². The highest BCUT2D eigenvalue weighted by molar-refractivity contribution is 5.08. The van der Waals surface area contributed by atoms with E-state index in [0.29, 0.717) is 5.92 Å². The standard InChI is InChI=1S/C12H20N2O/c1-11(10-15-2)8-14-7-5-12-4-3-6-13-9-12/h3-4,6,9,11,14H,5,7-8,10H2,1-2H3. The van der Waals surface area contributed by atoms with Gasteiger partial charge in [-0.3, -0.25) is 4.98 Å². The summed E-state index contributed by atoms with van der Waals surface area (Å²) >= 11 is 0. The molecule has 84 valence electrons. The van der Waals surface area contributed by atoms with Gasteiger partial charge >= 0.3 is 0 Å². The van der Waals surface area contributed by atoms with Gasteiger partial charge in [0.1, 0.15) is 0 Å². The molecular weight excluding hydrogens is 188 g/mol. The zero-order valence-corrected chi connectivity index (χ0v) is 9.57. The molecule has 1 heterocycles. The summed E-state index contributed by atoms with van der Waals surface area (Å²) in [5.41, 5.74) is 1.28. The largest absolute Gasteiger partial charge is 0.384 e. The number of pyridine rings is 1. The summed E-state index contributed by atoms with van der Waals surface area (Å²) in [7, 11) is 1.74. The van der Waals surface area contributed by atoms with Gasteiger partial charge < -0.3 is 10.1 Å². The van der Waals surface area contributed by atoms with Gasteiger partial charge in [-0.2, -0.15) is 0 Å². The molecule has 0 fully saturated rings. The van der Waals surface area contributed by atoms with Crippen molar-refractivity contribution in [1.82, 2.24) is 10.3 Å². The highest BCUT2D eigenvalue weighted by atomic mass is 16.5. The van der Waals surface area contributed by atoms with Gasteiger partial charge in [-0.1, -0.05) is 13.0 Å². The molecule has 1 unspecified atom stereocenters. The third-order valence-electron chi connectivity index (χ3n) is 2.26. The first kappa shape index (κ1) is 12.1. The van der Waals surface area contributed by atoms with Crippen molar-refractivity contribution >= 4 is 0 Å². The number of methoxy groups -OCH3 is 1. The van der Waals surface area contributed by atoms with E-state index < -0.39 is 0 Å². The van der Waals surface area contributed by atoms with E-state index in [1.54, 1.807) is 13.3 Å². The van der Waals surface area contributed by atoms with Gasteiger partial charge in [0.05, 0.1) is 0 Å². The van der Waals surface area contributed by atoms with Crippen LogP contribution in [0, 0.1) is 5.92 Å². The molecule has 1 aromatic rings. The minimum Gasteiger partial charge on any atom is -0.384 e. The highest BCUT2D eigenvalue weighted by Crippen LogP contribution is 1.96. The maximum absolute atomic E-state index is 5.07. The number of aromatic nitrogens is 1. The second kappa shape index (κ2) is 7.37. The molecule has 0 aliphatic carbocycles. The molecule has 1 N–H and O–H groups in total. The molecule has 0 aliphatic heterocycles. The summed E-state index contributed by atoms with van der Waals surface area (Å²) in [5.74, 6) is 0.573. The van der Waals surface area contributed by atoms with Gasteiger partial charge in [0.25, 0.3) is 0 Å². The van der Waals surface area contributed by atoms with Crippen molar-refractivity contribution < 1.29 is 4.74 Å². The zero-order valence-electron chi connectivity index (χ0n) is 9.57. The van der Waals surface area contributed by atoms with Crippen LogP contribution in [0.1, 0.15) is 12.5 Å². The van der Waals surface area contributed by atoms with Gasteiger partial charge in [-0.15, -0.1) is 0 Å². The van der Waals surface area contributed by atoms with Crippen LogP contribution in [0.4, 0.5) is 0 Å². The van der Waals surface area contributed by atoms with E-state index in [4.69, 9.17) is 4.74 Å². The smallest absolute Gasteiger partial charge is 0.0499 e. The van der Waals surface area contributed by atoms with Gasteiger partial charge in [0.15, 0.2) is 0 Å². The molecule has 1 aromatic heterocycles. The fraction of sp³-hybridized carbons (Fsp3) is 0.583. The molecule has 0 aromatic carbocycles. The van der Waals surface area contributed by atoms with Crippen LogP contribution in [-0.4, -0.2) is 31.8 Å². The Balaban J connectivity index is 2.07. The number of nitrogens with one attached hydrogen (secondary N) is 1. The molecule has 1 atom stereocenters. The van der Waals surface area contributed by atoms with Crippen LogP contribution in [0.5, 0.6) is 0 Å². The molecule has 1 rings (SSSR count). The molecule has 0 spiro atoms. The number of nitrogens with zero attached hydrogens (tertiary/aromatic N) is 1. The van der Waals surface area contributed by atoms with Gasteiger partial charge in [-0.05, 0) is 37.1 Å². The Morgan fingerprint density at radius 2 is 2.40 bits per heavy atom. The fourth-order valence-electron chi connectivity index (χ4n) is 1.47. The second-order valence-electron chi connectivity index (χ2n) is 3.88. The van der Waals surface area contributed by atoms with Crippen molar-refractivity contribution in [1.29, 1.82) is 0 Å². The summed E-state index contributed by atoms with van der Waals surface area (Å²) in [4.78, 5) is 4.08.